The van der Waals surface area contributed by atoms with Crippen molar-refractivity contribution in [2.24, 2.45) is 0 Å². The van der Waals surface area contributed by atoms with Crippen LogP contribution in [0.2, 0.25) is 0 Å². The molecule has 0 aliphatic rings. The van der Waals surface area contributed by atoms with Gasteiger partial charge in [-0.15, -0.1) is 0 Å². The van der Waals surface area contributed by atoms with E-state index in [1.165, 1.54) is 71.4 Å². The molecule has 7 aromatic rings. The summed E-state index contributed by atoms with van der Waals surface area (Å²) in [7, 11) is 0. The van der Waals surface area contributed by atoms with Crippen molar-refractivity contribution in [2.45, 2.75) is 33.9 Å². The molecular weight excluding hydrogens is 520 g/mol. The smallest absolute Gasteiger partial charge is 0.0491 e. The van der Waals surface area contributed by atoms with E-state index in [0.717, 1.165) is 13.1 Å². The second-order valence-corrected chi connectivity index (χ2v) is 11.2. The van der Waals surface area contributed by atoms with Crippen molar-refractivity contribution in [3.63, 3.8) is 0 Å². The summed E-state index contributed by atoms with van der Waals surface area (Å²) >= 11 is 0. The van der Waals surface area contributed by atoms with E-state index in [1.54, 1.807) is 0 Å². The van der Waals surface area contributed by atoms with Crippen molar-refractivity contribution in [2.75, 3.05) is 0 Å². The van der Waals surface area contributed by atoms with Gasteiger partial charge >= 0.3 is 0 Å². The van der Waals surface area contributed by atoms with Gasteiger partial charge in [0, 0.05) is 56.7 Å². The van der Waals surface area contributed by atoms with Gasteiger partial charge in [-0.25, -0.2) is 0 Å². The van der Waals surface area contributed by atoms with Crippen LogP contribution in [0.1, 0.15) is 48.6 Å². The minimum Gasteiger partial charge on any atom is -0.341 e. The molecule has 0 saturated carbocycles. The van der Waals surface area contributed by atoms with Gasteiger partial charge in [0.15, 0.2) is 0 Å². The van der Waals surface area contributed by atoms with Gasteiger partial charge in [0.05, 0.1) is 0 Å². The first kappa shape index (κ1) is 26.8. The second kappa shape index (κ2) is 11.3. The lowest BCUT2D eigenvalue weighted by Crippen LogP contribution is -1.92. The number of aromatic nitrogens is 2. The zero-order chi connectivity index (χ0) is 29.3. The molecule has 2 nitrogen and oxygen atoms in total. The Morgan fingerprint density at radius 1 is 0.419 bits per heavy atom. The molecule has 0 amide bonds. The maximum Gasteiger partial charge on any atom is 0.0491 e. The van der Waals surface area contributed by atoms with E-state index in [-0.39, 0.29) is 0 Å². The number of allylic oxidation sites excluding steroid dienone is 1. The number of nitrogens with zero attached hydrogens (tertiary/aromatic N) is 2. The highest BCUT2D eigenvalue weighted by Gasteiger charge is 2.10. The van der Waals surface area contributed by atoms with Crippen molar-refractivity contribution in [3.05, 3.63) is 137 Å². The molecule has 0 bridgehead atoms. The van der Waals surface area contributed by atoms with E-state index >= 15 is 0 Å². The lowest BCUT2D eigenvalue weighted by Gasteiger charge is -2.04. The molecule has 7 rings (SSSR count). The number of hydrogen-bond donors (Lipinski definition) is 0. The van der Waals surface area contributed by atoms with Crippen LogP contribution >= 0.6 is 0 Å². The van der Waals surface area contributed by atoms with Gasteiger partial charge in [-0.3, -0.25) is 0 Å². The number of aryl methyl sites for hydroxylation is 2. The molecule has 0 fully saturated rings. The molecule has 0 spiro atoms. The molecule has 2 aromatic heterocycles. The minimum absolute atomic E-state index is 0.961. The second-order valence-electron chi connectivity index (χ2n) is 11.2. The van der Waals surface area contributed by atoms with Gasteiger partial charge in [-0.2, -0.15) is 0 Å². The maximum absolute atomic E-state index is 2.40. The first-order valence-corrected chi connectivity index (χ1v) is 15.3. The van der Waals surface area contributed by atoms with E-state index < -0.39 is 0 Å². The summed E-state index contributed by atoms with van der Waals surface area (Å²) in [6.45, 7) is 8.42. The molecule has 0 aliphatic heterocycles. The van der Waals surface area contributed by atoms with Crippen molar-refractivity contribution < 1.29 is 0 Å². The Labute approximate surface area is 253 Å². The van der Waals surface area contributed by atoms with Gasteiger partial charge < -0.3 is 9.13 Å². The fraction of sp³-hybridized carbons (Fsp3) is 0.122. The molecule has 2 heterocycles. The average Bonchev–Trinajstić information content (AvgIpc) is 3.54. The standard InChI is InChI=1S/C41H36N2/c1-4-11-31-24-32(18-16-29-20-22-40-36(27-29)34-12-7-9-14-38(34)42(40)5-2)26-33(25-31)19-17-30-21-23-41-37(28-30)35-13-8-10-15-39(35)43(41)6-3/h4,7-28H,5-6H2,1-3H3/b11-4+,18-16+,19-17+. The summed E-state index contributed by atoms with van der Waals surface area (Å²) in [6, 6.07) is 37.8. The highest BCUT2D eigenvalue weighted by atomic mass is 15.0. The van der Waals surface area contributed by atoms with Crippen LogP contribution in [-0.2, 0) is 13.1 Å². The molecule has 0 aliphatic carbocycles. The van der Waals surface area contributed by atoms with Crippen molar-refractivity contribution in [1.29, 1.82) is 0 Å². The predicted octanol–water partition coefficient (Wildman–Crippen LogP) is 11.3. The number of para-hydroxylation sites is 2. The normalized spacial score (nSPS) is 12.4. The van der Waals surface area contributed by atoms with E-state index in [9.17, 15) is 0 Å². The van der Waals surface area contributed by atoms with E-state index in [0.29, 0.717) is 0 Å². The highest BCUT2D eigenvalue weighted by molar-refractivity contribution is 6.09. The third-order valence-corrected chi connectivity index (χ3v) is 8.52. The quantitative estimate of drug-likeness (QED) is 0.173. The van der Waals surface area contributed by atoms with Gasteiger partial charge in [0.2, 0.25) is 0 Å². The number of fused-ring (bicyclic) bond motifs is 6. The topological polar surface area (TPSA) is 9.86 Å². The summed E-state index contributed by atoms with van der Waals surface area (Å²) in [5.74, 6) is 0. The molecule has 0 atom stereocenters. The van der Waals surface area contributed by atoms with Crippen LogP contribution < -0.4 is 0 Å². The fourth-order valence-corrected chi connectivity index (χ4v) is 6.60. The van der Waals surface area contributed by atoms with Crippen molar-refractivity contribution in [1.82, 2.24) is 9.13 Å². The Kier molecular flexibility index (Phi) is 7.04. The number of hydrogen-bond acceptors (Lipinski definition) is 0. The molecule has 210 valence electrons. The first-order chi connectivity index (χ1) is 21.2. The molecule has 2 heteroatoms. The maximum atomic E-state index is 2.40. The Morgan fingerprint density at radius 2 is 0.814 bits per heavy atom. The van der Waals surface area contributed by atoms with Gasteiger partial charge in [-0.1, -0.05) is 85.0 Å². The fourth-order valence-electron chi connectivity index (χ4n) is 6.60. The van der Waals surface area contributed by atoms with Crippen LogP contribution in [0, 0.1) is 0 Å². The average molecular weight is 557 g/mol. The van der Waals surface area contributed by atoms with Gasteiger partial charge in [-0.05, 0) is 103 Å². The van der Waals surface area contributed by atoms with Crippen LogP contribution in [0.15, 0.2) is 109 Å². The molecule has 5 aromatic carbocycles. The van der Waals surface area contributed by atoms with Crippen LogP contribution in [0.5, 0.6) is 0 Å². The SMILES string of the molecule is C/C=C/c1cc(/C=C/c2ccc3c(c2)c2ccccc2n3CC)cc(/C=C/c2ccc3c(c2)c2ccccc2n3CC)c1. The lowest BCUT2D eigenvalue weighted by molar-refractivity contribution is 0.827. The summed E-state index contributed by atoms with van der Waals surface area (Å²) in [4.78, 5) is 0. The van der Waals surface area contributed by atoms with Crippen LogP contribution in [0.4, 0.5) is 0 Å². The van der Waals surface area contributed by atoms with Gasteiger partial charge in [0.25, 0.3) is 0 Å². The van der Waals surface area contributed by atoms with Crippen molar-refractivity contribution in [3.8, 4) is 0 Å². The van der Waals surface area contributed by atoms with Crippen LogP contribution in [0.25, 0.3) is 74.0 Å². The number of benzene rings is 5. The Balaban J connectivity index is 1.22. The molecule has 0 unspecified atom stereocenters. The summed E-state index contributed by atoms with van der Waals surface area (Å²) in [5.41, 5.74) is 11.2. The Bertz CT molecular complexity index is 2060. The first-order valence-electron chi connectivity index (χ1n) is 15.3. The molecular formula is C41H36N2. The summed E-state index contributed by atoms with van der Waals surface area (Å²) in [6.07, 6.45) is 13.2. The highest BCUT2D eigenvalue weighted by Crippen LogP contribution is 2.32. The predicted molar refractivity (Wildman–Crippen MR) is 189 cm³/mol. The van der Waals surface area contributed by atoms with Crippen LogP contribution in [0.3, 0.4) is 0 Å². The zero-order valence-corrected chi connectivity index (χ0v) is 25.1. The minimum atomic E-state index is 0.961. The Morgan fingerprint density at radius 3 is 1.26 bits per heavy atom. The number of rotatable bonds is 7. The van der Waals surface area contributed by atoms with E-state index in [1.807, 2.05) is 0 Å². The van der Waals surface area contributed by atoms with E-state index in [2.05, 4.69) is 169 Å². The largest absolute Gasteiger partial charge is 0.341 e. The Hall–Kier alpha value is -5.08. The summed E-state index contributed by atoms with van der Waals surface area (Å²) in [5, 5.41) is 5.25. The van der Waals surface area contributed by atoms with Crippen LogP contribution in [-0.4, -0.2) is 9.13 Å². The molecule has 0 saturated heterocycles. The third kappa shape index (κ3) is 4.89. The molecule has 0 N–H and O–H groups in total. The van der Waals surface area contributed by atoms with Gasteiger partial charge in [0.1, 0.15) is 0 Å². The van der Waals surface area contributed by atoms with Crippen molar-refractivity contribution >= 4 is 74.0 Å². The molecule has 0 radical (unpaired) electrons. The zero-order valence-electron chi connectivity index (χ0n) is 25.1. The monoisotopic (exact) mass is 556 g/mol. The lowest BCUT2D eigenvalue weighted by atomic mass is 10.0. The summed E-state index contributed by atoms with van der Waals surface area (Å²) < 4.78 is 4.80. The third-order valence-electron chi connectivity index (χ3n) is 8.52. The van der Waals surface area contributed by atoms with E-state index in [4.69, 9.17) is 0 Å². The molecule has 43 heavy (non-hydrogen) atoms.